The molecule has 1 heteroatoms. The highest BCUT2D eigenvalue weighted by molar-refractivity contribution is 5.01. The quantitative estimate of drug-likeness (QED) is 0.619. The van der Waals surface area contributed by atoms with Crippen LogP contribution in [0.25, 0.3) is 0 Å². The highest BCUT2D eigenvalue weighted by Crippen LogP contribution is 2.32. The first-order valence-corrected chi connectivity index (χ1v) is 5.44. The zero-order valence-electron chi connectivity index (χ0n) is 9.51. The first kappa shape index (κ1) is 12.7. The summed E-state index contributed by atoms with van der Waals surface area (Å²) in [7, 11) is 0. The molecule has 1 aliphatic carbocycles. The van der Waals surface area contributed by atoms with Crippen molar-refractivity contribution < 1.29 is 5.11 Å². The van der Waals surface area contributed by atoms with Crippen LogP contribution in [0.2, 0.25) is 0 Å². The molecule has 0 aromatic carbocycles. The van der Waals surface area contributed by atoms with Crippen LogP contribution in [0.1, 0.15) is 47.0 Å². The molecule has 1 rings (SSSR count). The largest absolute Gasteiger partial charge is 0.392 e. The molecule has 0 aliphatic heterocycles. The van der Waals surface area contributed by atoms with E-state index in [1.54, 1.807) is 0 Å². The van der Waals surface area contributed by atoms with Crippen molar-refractivity contribution in [1.29, 1.82) is 0 Å². The van der Waals surface area contributed by atoms with Gasteiger partial charge >= 0.3 is 0 Å². The summed E-state index contributed by atoms with van der Waals surface area (Å²) in [5.41, 5.74) is 1.14. The Morgan fingerprint density at radius 1 is 1.31 bits per heavy atom. The predicted molar refractivity (Wildman–Crippen MR) is 58.7 cm³/mol. The number of hydrogen-bond donors (Lipinski definition) is 1. The Balaban J connectivity index is 0.000000671. The summed E-state index contributed by atoms with van der Waals surface area (Å²) in [6.07, 6.45) is 3.19. The molecule has 0 heterocycles. The molecular formula is C12H24O. The van der Waals surface area contributed by atoms with E-state index in [0.717, 1.165) is 18.4 Å². The SMILES string of the molecule is C=C(C)C1CCC(C)CC1O.CC. The van der Waals surface area contributed by atoms with E-state index < -0.39 is 0 Å². The molecule has 0 aromatic rings. The minimum absolute atomic E-state index is 0.128. The molecule has 3 atom stereocenters. The minimum Gasteiger partial charge on any atom is -0.392 e. The van der Waals surface area contributed by atoms with E-state index in [9.17, 15) is 5.11 Å². The van der Waals surface area contributed by atoms with Gasteiger partial charge in [-0.05, 0) is 32.1 Å². The minimum atomic E-state index is -0.128. The molecular weight excluding hydrogens is 160 g/mol. The van der Waals surface area contributed by atoms with Crippen LogP contribution in [0.3, 0.4) is 0 Å². The van der Waals surface area contributed by atoms with Gasteiger partial charge in [0.15, 0.2) is 0 Å². The van der Waals surface area contributed by atoms with Crippen LogP contribution < -0.4 is 0 Å². The van der Waals surface area contributed by atoms with Gasteiger partial charge in [-0.15, -0.1) is 0 Å². The van der Waals surface area contributed by atoms with Gasteiger partial charge in [0.2, 0.25) is 0 Å². The lowest BCUT2D eigenvalue weighted by Gasteiger charge is -2.31. The van der Waals surface area contributed by atoms with Gasteiger partial charge in [-0.1, -0.05) is 32.9 Å². The smallest absolute Gasteiger partial charge is 0.0607 e. The van der Waals surface area contributed by atoms with Crippen molar-refractivity contribution >= 4 is 0 Å². The first-order chi connectivity index (χ1) is 6.11. The van der Waals surface area contributed by atoms with Crippen molar-refractivity contribution in [2.45, 2.75) is 53.1 Å². The van der Waals surface area contributed by atoms with E-state index in [1.807, 2.05) is 20.8 Å². The number of aliphatic hydroxyl groups is 1. The molecule has 1 nitrogen and oxygen atoms in total. The maximum atomic E-state index is 9.65. The molecule has 1 saturated carbocycles. The van der Waals surface area contributed by atoms with Crippen LogP contribution in [-0.2, 0) is 0 Å². The maximum Gasteiger partial charge on any atom is 0.0607 e. The Bertz CT molecular complexity index is 151. The number of aliphatic hydroxyl groups excluding tert-OH is 1. The number of rotatable bonds is 1. The third-order valence-corrected chi connectivity index (χ3v) is 2.71. The fraction of sp³-hybridized carbons (Fsp3) is 0.833. The molecule has 0 aromatic heterocycles. The van der Waals surface area contributed by atoms with E-state index >= 15 is 0 Å². The van der Waals surface area contributed by atoms with Gasteiger partial charge in [0.25, 0.3) is 0 Å². The second kappa shape index (κ2) is 6.20. The van der Waals surface area contributed by atoms with Gasteiger partial charge in [-0.25, -0.2) is 0 Å². The molecule has 3 unspecified atom stereocenters. The zero-order chi connectivity index (χ0) is 10.4. The Morgan fingerprint density at radius 2 is 1.85 bits per heavy atom. The van der Waals surface area contributed by atoms with Gasteiger partial charge in [0.05, 0.1) is 6.10 Å². The first-order valence-electron chi connectivity index (χ1n) is 5.44. The van der Waals surface area contributed by atoms with E-state index in [2.05, 4.69) is 13.5 Å². The lowest BCUT2D eigenvalue weighted by molar-refractivity contribution is 0.0656. The summed E-state index contributed by atoms with van der Waals surface area (Å²) in [4.78, 5) is 0. The number of hydrogen-bond acceptors (Lipinski definition) is 1. The molecule has 0 radical (unpaired) electrons. The molecule has 78 valence electrons. The van der Waals surface area contributed by atoms with E-state index in [0.29, 0.717) is 11.8 Å². The zero-order valence-corrected chi connectivity index (χ0v) is 9.51. The summed E-state index contributed by atoms with van der Waals surface area (Å²) >= 11 is 0. The molecule has 13 heavy (non-hydrogen) atoms. The van der Waals surface area contributed by atoms with Crippen molar-refractivity contribution in [3.8, 4) is 0 Å². The van der Waals surface area contributed by atoms with Crippen molar-refractivity contribution in [1.82, 2.24) is 0 Å². The predicted octanol–water partition coefficient (Wildman–Crippen LogP) is 3.39. The molecule has 1 aliphatic rings. The lowest BCUT2D eigenvalue weighted by Crippen LogP contribution is -2.28. The van der Waals surface area contributed by atoms with Crippen LogP contribution in [0.15, 0.2) is 12.2 Å². The second-order valence-electron chi connectivity index (χ2n) is 3.94. The van der Waals surface area contributed by atoms with Crippen LogP contribution in [-0.4, -0.2) is 11.2 Å². The highest BCUT2D eigenvalue weighted by atomic mass is 16.3. The maximum absolute atomic E-state index is 9.65. The lowest BCUT2D eigenvalue weighted by atomic mass is 9.78. The van der Waals surface area contributed by atoms with Crippen LogP contribution >= 0.6 is 0 Å². The summed E-state index contributed by atoms with van der Waals surface area (Å²) < 4.78 is 0. The molecule has 0 amide bonds. The summed E-state index contributed by atoms with van der Waals surface area (Å²) in [5.74, 6) is 1.06. The Labute approximate surface area is 82.9 Å². The van der Waals surface area contributed by atoms with Gasteiger partial charge in [0.1, 0.15) is 0 Å². The standard InChI is InChI=1S/C10H18O.C2H6/c1-7(2)9-5-4-8(3)6-10(9)11;1-2/h8-11H,1,4-6H2,2-3H3;1-2H3. The van der Waals surface area contributed by atoms with Crippen molar-refractivity contribution in [2.75, 3.05) is 0 Å². The average Bonchev–Trinajstić information content (AvgIpc) is 2.07. The van der Waals surface area contributed by atoms with E-state index in [-0.39, 0.29) is 6.10 Å². The third-order valence-electron chi connectivity index (χ3n) is 2.71. The third kappa shape index (κ3) is 3.95. The normalized spacial score (nSPS) is 33.2. The fourth-order valence-corrected chi connectivity index (χ4v) is 1.93. The molecule has 1 N–H and O–H groups in total. The van der Waals surface area contributed by atoms with E-state index in [1.165, 1.54) is 6.42 Å². The van der Waals surface area contributed by atoms with Crippen LogP contribution in [0.4, 0.5) is 0 Å². The molecule has 0 bridgehead atoms. The Kier molecular flexibility index (Phi) is 6.06. The summed E-state index contributed by atoms with van der Waals surface area (Å²) in [6, 6.07) is 0. The van der Waals surface area contributed by atoms with Gasteiger partial charge in [-0.2, -0.15) is 0 Å². The average molecular weight is 184 g/mol. The fourth-order valence-electron chi connectivity index (χ4n) is 1.93. The topological polar surface area (TPSA) is 20.2 Å². The van der Waals surface area contributed by atoms with Crippen molar-refractivity contribution in [3.05, 3.63) is 12.2 Å². The van der Waals surface area contributed by atoms with Crippen molar-refractivity contribution in [3.63, 3.8) is 0 Å². The highest BCUT2D eigenvalue weighted by Gasteiger charge is 2.26. The van der Waals surface area contributed by atoms with Gasteiger partial charge < -0.3 is 5.11 Å². The van der Waals surface area contributed by atoms with Crippen LogP contribution in [0.5, 0.6) is 0 Å². The second-order valence-corrected chi connectivity index (χ2v) is 3.94. The molecule has 0 spiro atoms. The van der Waals surface area contributed by atoms with Gasteiger partial charge in [-0.3, -0.25) is 0 Å². The van der Waals surface area contributed by atoms with Crippen molar-refractivity contribution in [2.24, 2.45) is 11.8 Å². The van der Waals surface area contributed by atoms with E-state index in [4.69, 9.17) is 0 Å². The Morgan fingerprint density at radius 3 is 2.23 bits per heavy atom. The monoisotopic (exact) mass is 184 g/mol. The summed E-state index contributed by atoms with van der Waals surface area (Å²) in [5, 5.41) is 9.65. The molecule has 1 fully saturated rings. The molecule has 0 saturated heterocycles. The Hall–Kier alpha value is -0.300. The summed E-state index contributed by atoms with van der Waals surface area (Å²) in [6.45, 7) is 12.1. The van der Waals surface area contributed by atoms with Crippen LogP contribution in [0, 0.1) is 11.8 Å². The van der Waals surface area contributed by atoms with Gasteiger partial charge in [0, 0.05) is 5.92 Å².